The lowest BCUT2D eigenvalue weighted by atomic mass is 10.4. The first-order chi connectivity index (χ1) is 4.97. The van der Waals surface area contributed by atoms with E-state index < -0.39 is 0 Å². The number of nitrogens with zero attached hydrogens (tertiary/aromatic N) is 3. The van der Waals surface area contributed by atoms with Gasteiger partial charge >= 0.3 is 0 Å². The molecule has 0 radical (unpaired) electrons. The van der Waals surface area contributed by atoms with Crippen LogP contribution in [-0.2, 0) is 6.54 Å². The van der Waals surface area contributed by atoms with Crippen molar-refractivity contribution in [3.05, 3.63) is 24.2 Å². The molecule has 3 heteroatoms. The molecular formula is C7H7N3. The molecule has 0 aliphatic carbocycles. The lowest BCUT2D eigenvalue weighted by Crippen LogP contribution is -2.01. The molecule has 0 atom stereocenters. The van der Waals surface area contributed by atoms with Crippen LogP contribution in [0.15, 0.2) is 23.5 Å². The average Bonchev–Trinajstić information content (AvgIpc) is 2.28. The number of aromatic nitrogens is 2. The first-order valence-corrected chi connectivity index (χ1v) is 3.17. The van der Waals surface area contributed by atoms with E-state index in [4.69, 9.17) is 0 Å². The predicted octanol–water partition coefficient (Wildman–Crippen LogP) is 0.938. The van der Waals surface area contributed by atoms with Gasteiger partial charge in [0.05, 0.1) is 12.2 Å². The summed E-state index contributed by atoms with van der Waals surface area (Å²) < 4.78 is 1.90. The van der Waals surface area contributed by atoms with E-state index in [0.29, 0.717) is 0 Å². The Morgan fingerprint density at radius 1 is 1.50 bits per heavy atom. The molecule has 0 aromatic carbocycles. The SMILES string of the molecule is C1=Cc2ccnn2CC=N1. The van der Waals surface area contributed by atoms with E-state index in [1.807, 2.05) is 23.0 Å². The third-order valence-corrected chi connectivity index (χ3v) is 1.44. The van der Waals surface area contributed by atoms with Crippen LogP contribution in [0.1, 0.15) is 5.69 Å². The zero-order valence-electron chi connectivity index (χ0n) is 5.44. The van der Waals surface area contributed by atoms with Crippen molar-refractivity contribution < 1.29 is 0 Å². The van der Waals surface area contributed by atoms with E-state index in [9.17, 15) is 0 Å². The van der Waals surface area contributed by atoms with Crippen molar-refractivity contribution in [2.45, 2.75) is 6.54 Å². The van der Waals surface area contributed by atoms with Gasteiger partial charge in [0.25, 0.3) is 0 Å². The number of rotatable bonds is 0. The summed E-state index contributed by atoms with van der Waals surface area (Å²) in [6.45, 7) is 0.773. The van der Waals surface area contributed by atoms with E-state index >= 15 is 0 Å². The minimum Gasteiger partial charge on any atom is -0.267 e. The van der Waals surface area contributed by atoms with E-state index in [1.54, 1.807) is 12.4 Å². The largest absolute Gasteiger partial charge is 0.267 e. The van der Waals surface area contributed by atoms with Crippen LogP contribution in [-0.4, -0.2) is 16.0 Å². The Morgan fingerprint density at radius 2 is 2.50 bits per heavy atom. The Balaban J connectivity index is 2.50. The van der Waals surface area contributed by atoms with E-state index in [0.717, 1.165) is 12.2 Å². The maximum atomic E-state index is 4.09. The molecule has 0 amide bonds. The van der Waals surface area contributed by atoms with E-state index in [2.05, 4.69) is 10.1 Å². The molecule has 0 N–H and O–H groups in total. The normalized spacial score (nSPS) is 14.8. The molecule has 0 fully saturated rings. The molecule has 3 nitrogen and oxygen atoms in total. The summed E-state index contributed by atoms with van der Waals surface area (Å²) in [4.78, 5) is 3.99. The second kappa shape index (κ2) is 2.10. The molecule has 0 saturated carbocycles. The Labute approximate surface area is 58.7 Å². The lowest BCUT2D eigenvalue weighted by molar-refractivity contribution is 0.726. The fourth-order valence-corrected chi connectivity index (χ4v) is 0.942. The minimum atomic E-state index is 0.773. The van der Waals surface area contributed by atoms with Crippen LogP contribution in [0.5, 0.6) is 0 Å². The molecule has 1 aromatic heterocycles. The summed E-state index contributed by atoms with van der Waals surface area (Å²) in [6, 6.07) is 1.96. The molecule has 1 aliphatic heterocycles. The van der Waals surface area contributed by atoms with Gasteiger partial charge in [-0.3, -0.25) is 9.67 Å². The molecule has 1 aliphatic rings. The fraction of sp³-hybridized carbons (Fsp3) is 0.143. The van der Waals surface area contributed by atoms with Gasteiger partial charge in [0.15, 0.2) is 0 Å². The summed E-state index contributed by atoms with van der Waals surface area (Å²) in [5, 5.41) is 4.09. The summed E-state index contributed by atoms with van der Waals surface area (Å²) in [5.41, 5.74) is 1.11. The molecule has 1 aromatic rings. The van der Waals surface area contributed by atoms with Gasteiger partial charge in [0.1, 0.15) is 0 Å². The first-order valence-electron chi connectivity index (χ1n) is 3.17. The van der Waals surface area contributed by atoms with Gasteiger partial charge in [-0.2, -0.15) is 5.10 Å². The minimum absolute atomic E-state index is 0.773. The van der Waals surface area contributed by atoms with Gasteiger partial charge in [-0.15, -0.1) is 0 Å². The Morgan fingerprint density at radius 3 is 3.50 bits per heavy atom. The standard InChI is InChI=1S/C7H7N3/c1-3-8-5-6-10-7(1)2-4-9-10/h1-5H,6H2. The van der Waals surface area contributed by atoms with Crippen molar-refractivity contribution in [2.24, 2.45) is 4.99 Å². The maximum absolute atomic E-state index is 4.09. The highest BCUT2D eigenvalue weighted by Crippen LogP contribution is 2.02. The van der Waals surface area contributed by atoms with Gasteiger partial charge in [-0.05, 0) is 12.1 Å². The van der Waals surface area contributed by atoms with Crippen molar-refractivity contribution >= 4 is 12.3 Å². The van der Waals surface area contributed by atoms with Crippen LogP contribution in [0.25, 0.3) is 6.08 Å². The highest BCUT2D eigenvalue weighted by molar-refractivity contribution is 5.62. The van der Waals surface area contributed by atoms with Crippen LogP contribution in [0, 0.1) is 0 Å². The van der Waals surface area contributed by atoms with Crippen LogP contribution in [0.3, 0.4) is 0 Å². The maximum Gasteiger partial charge on any atom is 0.0768 e. The Hall–Kier alpha value is -1.38. The van der Waals surface area contributed by atoms with Gasteiger partial charge < -0.3 is 0 Å². The van der Waals surface area contributed by atoms with Crippen molar-refractivity contribution in [1.29, 1.82) is 0 Å². The second-order valence-electron chi connectivity index (χ2n) is 2.09. The number of hydrogen-bond acceptors (Lipinski definition) is 2. The number of aliphatic imine (C=N–C) groups is 1. The molecule has 2 heterocycles. The molecule has 0 saturated heterocycles. The molecule has 0 spiro atoms. The molecule has 2 rings (SSSR count). The van der Waals surface area contributed by atoms with Crippen LogP contribution >= 0.6 is 0 Å². The highest BCUT2D eigenvalue weighted by atomic mass is 15.3. The number of hydrogen-bond donors (Lipinski definition) is 0. The third-order valence-electron chi connectivity index (χ3n) is 1.44. The van der Waals surface area contributed by atoms with Crippen molar-refractivity contribution in [2.75, 3.05) is 0 Å². The quantitative estimate of drug-likeness (QED) is 0.518. The summed E-state index contributed by atoms with van der Waals surface area (Å²) in [5.74, 6) is 0. The highest BCUT2D eigenvalue weighted by Gasteiger charge is 1.97. The van der Waals surface area contributed by atoms with Crippen molar-refractivity contribution in [3.8, 4) is 0 Å². The predicted molar refractivity (Wildman–Crippen MR) is 39.8 cm³/mol. The van der Waals surface area contributed by atoms with Crippen LogP contribution < -0.4 is 0 Å². The fourth-order valence-electron chi connectivity index (χ4n) is 0.942. The lowest BCUT2D eigenvalue weighted by Gasteiger charge is -1.94. The third kappa shape index (κ3) is 0.757. The monoisotopic (exact) mass is 133 g/mol. The average molecular weight is 133 g/mol. The summed E-state index contributed by atoms with van der Waals surface area (Å²) in [6.07, 6.45) is 7.34. The van der Waals surface area contributed by atoms with Gasteiger partial charge in [0.2, 0.25) is 0 Å². The molecule has 50 valence electrons. The van der Waals surface area contributed by atoms with Gasteiger partial charge in [-0.25, -0.2) is 0 Å². The topological polar surface area (TPSA) is 30.2 Å². The second-order valence-corrected chi connectivity index (χ2v) is 2.09. The Bertz CT molecular complexity index is 283. The molecule has 10 heavy (non-hydrogen) atoms. The van der Waals surface area contributed by atoms with Crippen LogP contribution in [0.2, 0.25) is 0 Å². The first kappa shape index (κ1) is 5.41. The molecule has 0 unspecified atom stereocenters. The Kier molecular flexibility index (Phi) is 1.13. The van der Waals surface area contributed by atoms with Gasteiger partial charge in [0, 0.05) is 18.6 Å². The summed E-state index contributed by atoms with van der Waals surface area (Å²) >= 11 is 0. The molecular weight excluding hydrogens is 126 g/mol. The van der Waals surface area contributed by atoms with Gasteiger partial charge in [-0.1, -0.05) is 0 Å². The van der Waals surface area contributed by atoms with Crippen LogP contribution in [0.4, 0.5) is 0 Å². The van der Waals surface area contributed by atoms with E-state index in [1.165, 1.54) is 0 Å². The molecule has 0 bridgehead atoms. The number of fused-ring (bicyclic) bond motifs is 1. The zero-order chi connectivity index (χ0) is 6.81. The van der Waals surface area contributed by atoms with Crippen molar-refractivity contribution in [3.63, 3.8) is 0 Å². The zero-order valence-corrected chi connectivity index (χ0v) is 5.44. The van der Waals surface area contributed by atoms with E-state index in [-0.39, 0.29) is 0 Å². The summed E-state index contributed by atoms with van der Waals surface area (Å²) in [7, 11) is 0. The van der Waals surface area contributed by atoms with Crippen molar-refractivity contribution in [1.82, 2.24) is 9.78 Å². The smallest absolute Gasteiger partial charge is 0.0768 e.